The second-order valence-electron chi connectivity index (χ2n) is 8.28. The zero-order valence-electron chi connectivity index (χ0n) is 19.1. The van der Waals surface area contributed by atoms with Gasteiger partial charge in [0.05, 0.1) is 11.7 Å². The Morgan fingerprint density at radius 3 is 2.69 bits per heavy atom. The first-order chi connectivity index (χ1) is 17.1. The zero-order valence-corrected chi connectivity index (χ0v) is 19.1. The van der Waals surface area contributed by atoms with Crippen LogP contribution in [0.4, 0.5) is 4.39 Å². The van der Waals surface area contributed by atoms with Crippen LogP contribution in [0.15, 0.2) is 67.3 Å². The number of aryl methyl sites for hydroxylation is 1. The van der Waals surface area contributed by atoms with E-state index in [1.807, 2.05) is 13.0 Å². The zero-order chi connectivity index (χ0) is 24.2. The summed E-state index contributed by atoms with van der Waals surface area (Å²) >= 11 is 0. The fraction of sp³-hybridized carbons (Fsp3) is 0.231. The van der Waals surface area contributed by atoms with Crippen molar-refractivity contribution >= 4 is 5.91 Å². The number of piperidine rings is 1. The van der Waals surface area contributed by atoms with Gasteiger partial charge in [-0.15, -0.1) is 0 Å². The van der Waals surface area contributed by atoms with Crippen molar-refractivity contribution in [3.05, 3.63) is 90.3 Å². The van der Waals surface area contributed by atoms with Crippen LogP contribution in [-0.4, -0.2) is 42.3 Å². The van der Waals surface area contributed by atoms with E-state index in [1.165, 1.54) is 12.4 Å². The molecule has 0 spiro atoms. The summed E-state index contributed by atoms with van der Waals surface area (Å²) in [5.41, 5.74) is 2.35. The van der Waals surface area contributed by atoms with E-state index in [-0.39, 0.29) is 23.6 Å². The fourth-order valence-corrected chi connectivity index (χ4v) is 4.14. The summed E-state index contributed by atoms with van der Waals surface area (Å²) in [6.45, 7) is 2.38. The third kappa shape index (κ3) is 4.98. The van der Waals surface area contributed by atoms with E-state index >= 15 is 0 Å². The number of para-hydroxylation sites is 1. The van der Waals surface area contributed by atoms with Crippen LogP contribution in [0.2, 0.25) is 0 Å². The first kappa shape index (κ1) is 22.5. The van der Waals surface area contributed by atoms with Crippen molar-refractivity contribution in [3.8, 4) is 22.9 Å². The molecule has 1 aromatic carbocycles. The number of aromatic nitrogens is 5. The average Bonchev–Trinajstić information content (AvgIpc) is 2.90. The number of carbonyl (C=O) groups is 1. The van der Waals surface area contributed by atoms with Crippen molar-refractivity contribution in [2.75, 3.05) is 6.54 Å². The molecule has 9 heteroatoms. The lowest BCUT2D eigenvalue weighted by Crippen LogP contribution is -2.39. The Labute approximate surface area is 201 Å². The molecule has 1 saturated heterocycles. The molecule has 1 aliphatic rings. The van der Waals surface area contributed by atoms with Crippen LogP contribution in [0.3, 0.4) is 0 Å². The molecule has 0 unspecified atom stereocenters. The third-order valence-electron chi connectivity index (χ3n) is 5.79. The van der Waals surface area contributed by atoms with Gasteiger partial charge in [0.2, 0.25) is 5.88 Å². The van der Waals surface area contributed by atoms with Crippen molar-refractivity contribution in [1.82, 2.24) is 29.8 Å². The smallest absolute Gasteiger partial charge is 0.273 e. The molecule has 1 amide bonds. The molecular weight excluding hydrogens is 447 g/mol. The standard InChI is InChI=1S/C26H23FN6O2/c1-17-13-24(35-23-11-3-2-7-19(23)27)32-25(30-17)22-10-4-5-12-33(22)26(34)21-9-6-8-20(31-21)18-14-28-16-29-15-18/h2-3,6-9,11,13-16,22H,4-5,10,12H2,1H3/t22-/m1/s1. The number of amides is 1. The summed E-state index contributed by atoms with van der Waals surface area (Å²) in [6, 6.07) is 12.8. The highest BCUT2D eigenvalue weighted by Crippen LogP contribution is 2.32. The monoisotopic (exact) mass is 470 g/mol. The van der Waals surface area contributed by atoms with Crippen LogP contribution in [0.5, 0.6) is 11.6 Å². The van der Waals surface area contributed by atoms with Crippen LogP contribution in [0.25, 0.3) is 11.3 Å². The molecule has 1 fully saturated rings. The molecule has 5 rings (SSSR count). The van der Waals surface area contributed by atoms with Crippen molar-refractivity contribution < 1.29 is 13.9 Å². The van der Waals surface area contributed by atoms with Crippen LogP contribution in [0, 0.1) is 12.7 Å². The van der Waals surface area contributed by atoms with Gasteiger partial charge in [-0.2, -0.15) is 4.98 Å². The lowest BCUT2D eigenvalue weighted by Gasteiger charge is -2.34. The van der Waals surface area contributed by atoms with E-state index in [9.17, 15) is 9.18 Å². The second kappa shape index (κ2) is 9.92. The lowest BCUT2D eigenvalue weighted by molar-refractivity contribution is 0.0592. The number of likely N-dealkylation sites (tertiary alicyclic amines) is 1. The summed E-state index contributed by atoms with van der Waals surface area (Å²) in [4.78, 5) is 37.1. The summed E-state index contributed by atoms with van der Waals surface area (Å²) in [7, 11) is 0. The topological polar surface area (TPSA) is 94.0 Å². The Balaban J connectivity index is 1.44. The summed E-state index contributed by atoms with van der Waals surface area (Å²) in [5.74, 6) is 0.112. The van der Waals surface area contributed by atoms with Gasteiger partial charge in [0.1, 0.15) is 12.0 Å². The van der Waals surface area contributed by atoms with Crippen LogP contribution < -0.4 is 4.74 Å². The van der Waals surface area contributed by atoms with Crippen molar-refractivity contribution in [2.24, 2.45) is 0 Å². The molecule has 0 aliphatic carbocycles. The number of nitrogens with zero attached hydrogens (tertiary/aromatic N) is 6. The SMILES string of the molecule is Cc1cc(Oc2ccccc2F)nc([C@H]2CCCCN2C(=O)c2cccc(-c3cncnc3)n2)n1. The quantitative estimate of drug-likeness (QED) is 0.408. The van der Waals surface area contributed by atoms with Gasteiger partial charge in [0, 0.05) is 36.3 Å². The highest BCUT2D eigenvalue weighted by molar-refractivity contribution is 5.93. The van der Waals surface area contributed by atoms with E-state index in [1.54, 1.807) is 53.7 Å². The number of pyridine rings is 1. The maximum Gasteiger partial charge on any atom is 0.273 e. The van der Waals surface area contributed by atoms with E-state index in [0.717, 1.165) is 18.4 Å². The van der Waals surface area contributed by atoms with E-state index < -0.39 is 5.82 Å². The number of hydrogen-bond donors (Lipinski definition) is 0. The Hall–Kier alpha value is -4.27. The fourth-order valence-electron chi connectivity index (χ4n) is 4.14. The van der Waals surface area contributed by atoms with E-state index in [4.69, 9.17) is 4.74 Å². The molecule has 4 heterocycles. The summed E-state index contributed by atoms with van der Waals surface area (Å²) in [6.07, 6.45) is 7.28. The molecule has 1 aliphatic heterocycles. The number of hydrogen-bond acceptors (Lipinski definition) is 7. The molecular formula is C26H23FN6O2. The molecule has 8 nitrogen and oxygen atoms in total. The predicted molar refractivity (Wildman–Crippen MR) is 126 cm³/mol. The van der Waals surface area contributed by atoms with Gasteiger partial charge in [0.25, 0.3) is 5.91 Å². The van der Waals surface area contributed by atoms with Crippen LogP contribution in [-0.2, 0) is 0 Å². The Bertz CT molecular complexity index is 1350. The molecule has 1 atom stereocenters. The number of rotatable bonds is 5. The Morgan fingerprint density at radius 2 is 1.86 bits per heavy atom. The van der Waals surface area contributed by atoms with E-state index in [0.29, 0.717) is 35.9 Å². The highest BCUT2D eigenvalue weighted by atomic mass is 19.1. The molecule has 176 valence electrons. The van der Waals surface area contributed by atoms with E-state index in [2.05, 4.69) is 24.9 Å². The van der Waals surface area contributed by atoms with Gasteiger partial charge in [-0.05, 0) is 50.5 Å². The van der Waals surface area contributed by atoms with Crippen molar-refractivity contribution in [2.45, 2.75) is 32.2 Å². The molecule has 0 saturated carbocycles. The predicted octanol–water partition coefficient (Wildman–Crippen LogP) is 4.94. The normalized spacial score (nSPS) is 15.6. The minimum Gasteiger partial charge on any atom is -0.436 e. The molecule has 0 radical (unpaired) electrons. The first-order valence-corrected chi connectivity index (χ1v) is 11.4. The molecule has 4 aromatic rings. The highest BCUT2D eigenvalue weighted by Gasteiger charge is 2.32. The van der Waals surface area contributed by atoms with Crippen molar-refractivity contribution in [1.29, 1.82) is 0 Å². The summed E-state index contributed by atoms with van der Waals surface area (Å²) < 4.78 is 19.8. The minimum absolute atomic E-state index is 0.0824. The molecule has 35 heavy (non-hydrogen) atoms. The van der Waals surface area contributed by atoms with Gasteiger partial charge in [-0.3, -0.25) is 4.79 Å². The lowest BCUT2D eigenvalue weighted by atomic mass is 10.0. The van der Waals surface area contributed by atoms with Gasteiger partial charge < -0.3 is 9.64 Å². The number of benzene rings is 1. The number of halogens is 1. The second-order valence-corrected chi connectivity index (χ2v) is 8.28. The Morgan fingerprint density at radius 1 is 1.03 bits per heavy atom. The molecule has 0 N–H and O–H groups in total. The van der Waals surface area contributed by atoms with Gasteiger partial charge in [-0.25, -0.2) is 24.3 Å². The maximum absolute atomic E-state index is 14.1. The largest absolute Gasteiger partial charge is 0.436 e. The third-order valence-corrected chi connectivity index (χ3v) is 5.79. The molecule has 0 bridgehead atoms. The van der Waals surface area contributed by atoms with Crippen molar-refractivity contribution in [3.63, 3.8) is 0 Å². The first-order valence-electron chi connectivity index (χ1n) is 11.4. The number of ether oxygens (including phenoxy) is 1. The summed E-state index contributed by atoms with van der Waals surface area (Å²) in [5, 5.41) is 0. The van der Waals surface area contributed by atoms with Crippen LogP contribution >= 0.6 is 0 Å². The Kier molecular flexibility index (Phi) is 6.38. The number of carbonyl (C=O) groups excluding carboxylic acids is 1. The average molecular weight is 471 g/mol. The van der Waals surface area contributed by atoms with Gasteiger partial charge in [-0.1, -0.05) is 18.2 Å². The maximum atomic E-state index is 14.1. The minimum atomic E-state index is -0.477. The van der Waals surface area contributed by atoms with Gasteiger partial charge in [0.15, 0.2) is 17.4 Å². The van der Waals surface area contributed by atoms with Crippen LogP contribution in [0.1, 0.15) is 47.3 Å². The molecule has 3 aromatic heterocycles. The van der Waals surface area contributed by atoms with Gasteiger partial charge >= 0.3 is 0 Å².